The van der Waals surface area contributed by atoms with E-state index in [1.165, 1.54) is 4.90 Å². The highest BCUT2D eigenvalue weighted by Crippen LogP contribution is 2.33. The smallest absolute Gasteiger partial charge is 0.410 e. The Labute approximate surface area is 129 Å². The molecule has 0 unspecified atom stereocenters. The van der Waals surface area contributed by atoms with Gasteiger partial charge in [0.1, 0.15) is 12.8 Å². The van der Waals surface area contributed by atoms with Gasteiger partial charge in [0.05, 0.1) is 6.04 Å². The molecule has 0 N–H and O–H groups in total. The molecule has 0 aromatic heterocycles. The van der Waals surface area contributed by atoms with E-state index in [1.807, 2.05) is 60.7 Å². The molecule has 1 aliphatic carbocycles. The van der Waals surface area contributed by atoms with E-state index in [1.54, 1.807) is 0 Å². The number of nitrogens with zero attached hydrogens (tertiary/aromatic N) is 1. The van der Waals surface area contributed by atoms with Crippen LogP contribution in [0.2, 0.25) is 0 Å². The number of benzene rings is 2. The van der Waals surface area contributed by atoms with Crippen LogP contribution in [0.1, 0.15) is 17.5 Å². The molecule has 0 saturated heterocycles. The largest absolute Gasteiger partial charge is 0.445 e. The second-order valence-corrected chi connectivity index (χ2v) is 5.47. The second-order valence-electron chi connectivity index (χ2n) is 5.47. The molecule has 3 nitrogen and oxygen atoms in total. The number of carbonyl (C=O) groups is 1. The van der Waals surface area contributed by atoms with Crippen LogP contribution in [0.25, 0.3) is 0 Å². The molecular formula is C18H18FNO2. The summed E-state index contributed by atoms with van der Waals surface area (Å²) < 4.78 is 18.7. The van der Waals surface area contributed by atoms with Crippen molar-refractivity contribution in [1.29, 1.82) is 0 Å². The van der Waals surface area contributed by atoms with Crippen LogP contribution in [-0.2, 0) is 17.9 Å². The standard InChI is InChI=1S/C18H18FNO2/c19-16-11-17(16)20(12-14-7-3-1-4-8-14)18(21)22-13-15-9-5-2-6-10-15/h1-10,16-17H,11-13H2/t16-,17-/m1/s1. The normalized spacial score (nSPS) is 19.5. The fourth-order valence-electron chi connectivity index (χ4n) is 2.37. The van der Waals surface area contributed by atoms with Crippen LogP contribution in [0.3, 0.4) is 0 Å². The van der Waals surface area contributed by atoms with E-state index in [4.69, 9.17) is 4.74 Å². The summed E-state index contributed by atoms with van der Waals surface area (Å²) in [7, 11) is 0. The van der Waals surface area contributed by atoms with Gasteiger partial charge < -0.3 is 4.74 Å². The van der Waals surface area contributed by atoms with E-state index in [-0.39, 0.29) is 12.6 Å². The molecule has 0 aliphatic heterocycles. The van der Waals surface area contributed by atoms with Crippen molar-refractivity contribution in [3.63, 3.8) is 0 Å². The topological polar surface area (TPSA) is 29.5 Å². The third kappa shape index (κ3) is 3.64. The molecule has 2 aromatic carbocycles. The second kappa shape index (κ2) is 6.60. The van der Waals surface area contributed by atoms with Crippen molar-refractivity contribution in [2.75, 3.05) is 0 Å². The minimum Gasteiger partial charge on any atom is -0.445 e. The van der Waals surface area contributed by atoms with E-state index < -0.39 is 12.3 Å². The summed E-state index contributed by atoms with van der Waals surface area (Å²) in [6.45, 7) is 0.578. The zero-order valence-electron chi connectivity index (χ0n) is 12.2. The molecule has 22 heavy (non-hydrogen) atoms. The van der Waals surface area contributed by atoms with Gasteiger partial charge in [-0.2, -0.15) is 0 Å². The van der Waals surface area contributed by atoms with Crippen LogP contribution in [0.4, 0.5) is 9.18 Å². The Morgan fingerprint density at radius 3 is 2.14 bits per heavy atom. The van der Waals surface area contributed by atoms with Gasteiger partial charge >= 0.3 is 6.09 Å². The summed E-state index contributed by atoms with van der Waals surface area (Å²) in [5, 5.41) is 0. The Kier molecular flexibility index (Phi) is 4.37. The highest BCUT2D eigenvalue weighted by molar-refractivity contribution is 5.68. The first-order valence-electron chi connectivity index (χ1n) is 7.39. The lowest BCUT2D eigenvalue weighted by molar-refractivity contribution is 0.0877. The van der Waals surface area contributed by atoms with Gasteiger partial charge in [-0.05, 0) is 11.1 Å². The van der Waals surface area contributed by atoms with Crippen molar-refractivity contribution in [3.05, 3.63) is 71.8 Å². The van der Waals surface area contributed by atoms with Crippen LogP contribution in [0, 0.1) is 0 Å². The molecule has 4 heteroatoms. The maximum Gasteiger partial charge on any atom is 0.410 e. The van der Waals surface area contributed by atoms with E-state index in [9.17, 15) is 9.18 Å². The quantitative estimate of drug-likeness (QED) is 0.837. The van der Waals surface area contributed by atoms with Crippen LogP contribution < -0.4 is 0 Å². The van der Waals surface area contributed by atoms with Gasteiger partial charge in [0.15, 0.2) is 0 Å². The summed E-state index contributed by atoms with van der Waals surface area (Å²) in [5.41, 5.74) is 1.89. The number of amides is 1. The molecule has 3 rings (SSSR count). The predicted molar refractivity (Wildman–Crippen MR) is 81.9 cm³/mol. The molecule has 1 amide bonds. The zero-order valence-corrected chi connectivity index (χ0v) is 12.2. The Morgan fingerprint density at radius 1 is 1.05 bits per heavy atom. The number of carbonyl (C=O) groups excluding carboxylic acids is 1. The Bertz CT molecular complexity index is 617. The molecule has 0 radical (unpaired) electrons. The third-order valence-corrected chi connectivity index (χ3v) is 3.72. The van der Waals surface area contributed by atoms with Crippen LogP contribution in [-0.4, -0.2) is 23.2 Å². The number of rotatable bonds is 5. The summed E-state index contributed by atoms with van der Waals surface area (Å²) in [6.07, 6.45) is -1.00. The minimum atomic E-state index is -0.937. The highest BCUT2D eigenvalue weighted by Gasteiger charge is 2.45. The Hall–Kier alpha value is -2.36. The van der Waals surface area contributed by atoms with E-state index >= 15 is 0 Å². The van der Waals surface area contributed by atoms with Gasteiger partial charge in [-0.15, -0.1) is 0 Å². The maximum absolute atomic E-state index is 13.4. The lowest BCUT2D eigenvalue weighted by atomic mass is 10.2. The summed E-state index contributed by atoms with van der Waals surface area (Å²) in [5.74, 6) is 0. The van der Waals surface area contributed by atoms with E-state index in [2.05, 4.69) is 0 Å². The van der Waals surface area contributed by atoms with Gasteiger partial charge in [-0.25, -0.2) is 9.18 Å². The van der Waals surface area contributed by atoms with Gasteiger partial charge in [-0.3, -0.25) is 4.90 Å². The molecule has 1 fully saturated rings. The molecule has 1 aliphatic rings. The maximum atomic E-state index is 13.4. The number of hydrogen-bond donors (Lipinski definition) is 0. The average Bonchev–Trinajstić information content (AvgIpc) is 3.29. The lowest BCUT2D eigenvalue weighted by Crippen LogP contribution is -2.34. The summed E-state index contributed by atoms with van der Waals surface area (Å²) >= 11 is 0. The molecule has 1 saturated carbocycles. The van der Waals surface area contributed by atoms with Gasteiger partial charge in [0.2, 0.25) is 0 Å². The number of alkyl halides is 1. The highest BCUT2D eigenvalue weighted by atomic mass is 19.1. The van der Waals surface area contributed by atoms with Crippen molar-refractivity contribution >= 4 is 6.09 Å². The molecular weight excluding hydrogens is 281 g/mol. The monoisotopic (exact) mass is 299 g/mol. The van der Waals surface area contributed by atoms with Gasteiger partial charge in [-0.1, -0.05) is 60.7 Å². The minimum absolute atomic E-state index is 0.203. The number of hydrogen-bond acceptors (Lipinski definition) is 2. The van der Waals surface area contributed by atoms with Crippen LogP contribution in [0.5, 0.6) is 0 Å². The summed E-state index contributed by atoms with van der Waals surface area (Å²) in [4.78, 5) is 13.8. The van der Waals surface area contributed by atoms with Crippen molar-refractivity contribution in [2.24, 2.45) is 0 Å². The molecule has 0 spiro atoms. The Morgan fingerprint density at radius 2 is 1.59 bits per heavy atom. The first kappa shape index (κ1) is 14.6. The van der Waals surface area contributed by atoms with Crippen LogP contribution in [0.15, 0.2) is 60.7 Å². The lowest BCUT2D eigenvalue weighted by Gasteiger charge is -2.22. The number of halogens is 1. The third-order valence-electron chi connectivity index (χ3n) is 3.72. The predicted octanol–water partition coefficient (Wildman–Crippen LogP) is 3.94. The van der Waals surface area contributed by atoms with Gasteiger partial charge in [0, 0.05) is 13.0 Å². The average molecular weight is 299 g/mol. The fourth-order valence-corrected chi connectivity index (χ4v) is 2.37. The molecule has 2 aromatic rings. The van der Waals surface area contributed by atoms with Crippen molar-refractivity contribution in [1.82, 2.24) is 4.90 Å². The zero-order chi connectivity index (χ0) is 15.4. The first-order chi connectivity index (χ1) is 10.7. The van der Waals surface area contributed by atoms with Crippen LogP contribution >= 0.6 is 0 Å². The molecule has 114 valence electrons. The van der Waals surface area contributed by atoms with Gasteiger partial charge in [0.25, 0.3) is 0 Å². The van der Waals surface area contributed by atoms with Crippen molar-refractivity contribution < 1.29 is 13.9 Å². The summed E-state index contributed by atoms with van der Waals surface area (Å²) in [6, 6.07) is 18.7. The van der Waals surface area contributed by atoms with E-state index in [0.29, 0.717) is 13.0 Å². The van der Waals surface area contributed by atoms with Crippen molar-refractivity contribution in [2.45, 2.75) is 31.8 Å². The van der Waals surface area contributed by atoms with Crippen molar-refractivity contribution in [3.8, 4) is 0 Å². The SMILES string of the molecule is O=C(OCc1ccccc1)N(Cc1ccccc1)[C@@H]1C[C@H]1F. The fraction of sp³-hybridized carbons (Fsp3) is 0.278. The van der Waals surface area contributed by atoms with E-state index in [0.717, 1.165) is 11.1 Å². The molecule has 0 heterocycles. The Balaban J connectivity index is 1.63. The molecule has 2 atom stereocenters. The molecule has 0 bridgehead atoms. The number of ether oxygens (including phenoxy) is 1. The first-order valence-corrected chi connectivity index (χ1v) is 7.39.